The number of carbonyl (C=O) groups is 2. The number of urea groups is 1. The predicted octanol–water partition coefficient (Wildman–Crippen LogP) is 1.84. The van der Waals surface area contributed by atoms with Crippen molar-refractivity contribution >= 4 is 30.0 Å². The van der Waals surface area contributed by atoms with E-state index in [0.29, 0.717) is 32.8 Å². The van der Waals surface area contributed by atoms with Crippen LogP contribution in [0.2, 0.25) is 0 Å². The van der Waals surface area contributed by atoms with E-state index in [1.54, 1.807) is 24.1 Å². The molecule has 1 aromatic carbocycles. The van der Waals surface area contributed by atoms with Gasteiger partial charge < -0.3 is 25.6 Å². The lowest BCUT2D eigenvalue weighted by Gasteiger charge is -2.32. The first kappa shape index (κ1) is 23.1. The second kappa shape index (κ2) is 12.5. The van der Waals surface area contributed by atoms with Crippen molar-refractivity contribution < 1.29 is 18.7 Å². The number of halogens is 2. The molecule has 2 rings (SSSR count). The molecule has 1 atom stereocenters. The summed E-state index contributed by atoms with van der Waals surface area (Å²) in [6.45, 7) is 3.45. The maximum absolute atomic E-state index is 13.7. The molecule has 0 radical (unpaired) electrons. The number of piperidine rings is 1. The number of likely N-dealkylation sites (tertiary alicyclic amines) is 1. The smallest absolute Gasteiger partial charge is 0.321 e. The summed E-state index contributed by atoms with van der Waals surface area (Å²) in [7, 11) is 1.64. The molecule has 1 aliphatic rings. The molecule has 1 aliphatic heterocycles. The van der Waals surface area contributed by atoms with Crippen molar-refractivity contribution in [2.45, 2.75) is 12.8 Å². The number of nitrogens with one attached hydrogen (secondary N) is 3. The Morgan fingerprint density at radius 1 is 1.26 bits per heavy atom. The molecule has 27 heavy (non-hydrogen) atoms. The van der Waals surface area contributed by atoms with Crippen molar-refractivity contribution in [3.05, 3.63) is 30.1 Å². The van der Waals surface area contributed by atoms with Gasteiger partial charge in [0, 0.05) is 39.8 Å². The number of carbonyl (C=O) groups excluding carboxylic acids is 2. The van der Waals surface area contributed by atoms with E-state index >= 15 is 0 Å². The third-order valence-electron chi connectivity index (χ3n) is 4.28. The SMILES string of the molecule is COCCNCCNC(=O)C1CCCN(C(=O)Nc2ccccc2F)C1.Cl. The van der Waals surface area contributed by atoms with Gasteiger partial charge in [0.25, 0.3) is 0 Å². The van der Waals surface area contributed by atoms with Gasteiger partial charge in [0.05, 0.1) is 18.2 Å². The zero-order valence-electron chi connectivity index (χ0n) is 15.5. The quantitative estimate of drug-likeness (QED) is 0.579. The summed E-state index contributed by atoms with van der Waals surface area (Å²) in [5, 5.41) is 8.61. The normalized spacial score (nSPS) is 16.4. The van der Waals surface area contributed by atoms with E-state index in [9.17, 15) is 14.0 Å². The highest BCUT2D eigenvalue weighted by Gasteiger charge is 2.28. The van der Waals surface area contributed by atoms with Crippen LogP contribution in [-0.4, -0.2) is 63.3 Å². The number of nitrogens with zero attached hydrogens (tertiary/aromatic N) is 1. The summed E-state index contributed by atoms with van der Waals surface area (Å²) in [5.74, 6) is -0.774. The minimum absolute atomic E-state index is 0. The Kier molecular flexibility index (Phi) is 10.7. The van der Waals surface area contributed by atoms with Crippen molar-refractivity contribution in [2.75, 3.05) is 51.8 Å². The third-order valence-corrected chi connectivity index (χ3v) is 4.28. The van der Waals surface area contributed by atoms with Gasteiger partial charge >= 0.3 is 6.03 Å². The number of hydrogen-bond acceptors (Lipinski definition) is 4. The lowest BCUT2D eigenvalue weighted by atomic mass is 9.97. The van der Waals surface area contributed by atoms with Gasteiger partial charge in [-0.05, 0) is 25.0 Å². The highest BCUT2D eigenvalue weighted by atomic mass is 35.5. The molecule has 0 saturated carbocycles. The third kappa shape index (κ3) is 7.70. The summed E-state index contributed by atoms with van der Waals surface area (Å²) < 4.78 is 18.6. The van der Waals surface area contributed by atoms with Crippen LogP contribution in [0.25, 0.3) is 0 Å². The molecule has 0 aliphatic carbocycles. The van der Waals surface area contributed by atoms with Crippen molar-refractivity contribution in [3.8, 4) is 0 Å². The average molecular weight is 403 g/mol. The number of rotatable bonds is 8. The summed E-state index contributed by atoms with van der Waals surface area (Å²) >= 11 is 0. The molecule has 1 aromatic rings. The standard InChI is InChI=1S/C18H27FN4O3.ClH/c1-26-12-10-20-8-9-21-17(24)14-5-4-11-23(13-14)18(25)22-16-7-3-2-6-15(16)19;/h2-3,6-7,14,20H,4-5,8-13H2,1H3,(H,21,24)(H,22,25);1H. The lowest BCUT2D eigenvalue weighted by Crippen LogP contribution is -2.47. The molecule has 1 unspecified atom stereocenters. The number of para-hydroxylation sites is 1. The van der Waals surface area contributed by atoms with Gasteiger partial charge in [0.1, 0.15) is 5.82 Å². The molecule has 9 heteroatoms. The summed E-state index contributed by atoms with van der Waals surface area (Å²) in [6, 6.07) is 5.65. The van der Waals surface area contributed by atoms with E-state index in [4.69, 9.17) is 4.74 Å². The number of hydrogen-bond donors (Lipinski definition) is 3. The Hall–Kier alpha value is -1.90. The minimum Gasteiger partial charge on any atom is -0.383 e. The van der Waals surface area contributed by atoms with Crippen LogP contribution in [0.15, 0.2) is 24.3 Å². The fourth-order valence-corrected chi connectivity index (χ4v) is 2.85. The molecule has 0 aromatic heterocycles. The predicted molar refractivity (Wildman–Crippen MR) is 105 cm³/mol. The van der Waals surface area contributed by atoms with Crippen LogP contribution in [0.4, 0.5) is 14.9 Å². The average Bonchev–Trinajstić information content (AvgIpc) is 2.66. The summed E-state index contributed by atoms with van der Waals surface area (Å²) in [4.78, 5) is 26.2. The number of amides is 3. The van der Waals surface area contributed by atoms with E-state index in [0.717, 1.165) is 19.4 Å². The first-order chi connectivity index (χ1) is 12.6. The van der Waals surface area contributed by atoms with Gasteiger partial charge in [0.2, 0.25) is 5.91 Å². The van der Waals surface area contributed by atoms with Gasteiger partial charge in [0.15, 0.2) is 0 Å². The highest BCUT2D eigenvalue weighted by Crippen LogP contribution is 2.19. The Morgan fingerprint density at radius 2 is 2.04 bits per heavy atom. The Balaban J connectivity index is 0.00000364. The van der Waals surface area contributed by atoms with Crippen LogP contribution in [0.5, 0.6) is 0 Å². The van der Waals surface area contributed by atoms with Crippen LogP contribution >= 0.6 is 12.4 Å². The van der Waals surface area contributed by atoms with Gasteiger partial charge in [-0.1, -0.05) is 12.1 Å². The molecule has 1 saturated heterocycles. The van der Waals surface area contributed by atoms with Crippen LogP contribution < -0.4 is 16.0 Å². The summed E-state index contributed by atoms with van der Waals surface area (Å²) in [5.41, 5.74) is 0.145. The second-order valence-electron chi connectivity index (χ2n) is 6.23. The first-order valence-corrected chi connectivity index (χ1v) is 8.89. The van der Waals surface area contributed by atoms with E-state index in [1.165, 1.54) is 12.1 Å². The summed E-state index contributed by atoms with van der Waals surface area (Å²) in [6.07, 6.45) is 1.49. The van der Waals surface area contributed by atoms with Crippen LogP contribution in [0, 0.1) is 11.7 Å². The minimum atomic E-state index is -0.479. The molecule has 7 nitrogen and oxygen atoms in total. The molecule has 0 spiro atoms. The molecular formula is C18H28ClFN4O3. The monoisotopic (exact) mass is 402 g/mol. The number of methoxy groups -OCH3 is 1. The van der Waals surface area contributed by atoms with E-state index < -0.39 is 5.82 Å². The fraction of sp³-hybridized carbons (Fsp3) is 0.556. The maximum Gasteiger partial charge on any atom is 0.321 e. The molecule has 3 amide bonds. The fourth-order valence-electron chi connectivity index (χ4n) is 2.85. The molecule has 0 bridgehead atoms. The Morgan fingerprint density at radius 3 is 2.78 bits per heavy atom. The van der Waals surface area contributed by atoms with Gasteiger partial charge in [-0.25, -0.2) is 9.18 Å². The molecule has 1 fully saturated rings. The van der Waals surface area contributed by atoms with Crippen LogP contribution in [0.1, 0.15) is 12.8 Å². The maximum atomic E-state index is 13.7. The molecule has 1 heterocycles. The van der Waals surface area contributed by atoms with Crippen LogP contribution in [0.3, 0.4) is 0 Å². The number of anilines is 1. The second-order valence-corrected chi connectivity index (χ2v) is 6.23. The van der Waals surface area contributed by atoms with Crippen molar-refractivity contribution in [3.63, 3.8) is 0 Å². The van der Waals surface area contributed by atoms with Crippen molar-refractivity contribution in [2.24, 2.45) is 5.92 Å². The molecular weight excluding hydrogens is 375 g/mol. The van der Waals surface area contributed by atoms with Crippen molar-refractivity contribution in [1.82, 2.24) is 15.5 Å². The largest absolute Gasteiger partial charge is 0.383 e. The zero-order chi connectivity index (χ0) is 18.8. The van der Waals surface area contributed by atoms with Gasteiger partial charge in [-0.2, -0.15) is 0 Å². The zero-order valence-corrected chi connectivity index (χ0v) is 16.3. The first-order valence-electron chi connectivity index (χ1n) is 8.89. The van der Waals surface area contributed by atoms with Gasteiger partial charge in [-0.15, -0.1) is 12.4 Å². The molecule has 152 valence electrons. The topological polar surface area (TPSA) is 82.7 Å². The number of ether oxygens (including phenoxy) is 1. The molecule has 3 N–H and O–H groups in total. The van der Waals surface area contributed by atoms with E-state index in [2.05, 4.69) is 16.0 Å². The van der Waals surface area contributed by atoms with E-state index in [-0.39, 0.29) is 36.0 Å². The van der Waals surface area contributed by atoms with E-state index in [1.807, 2.05) is 0 Å². The van der Waals surface area contributed by atoms with Crippen LogP contribution in [-0.2, 0) is 9.53 Å². The lowest BCUT2D eigenvalue weighted by molar-refractivity contribution is -0.126. The van der Waals surface area contributed by atoms with Crippen molar-refractivity contribution in [1.29, 1.82) is 0 Å². The number of benzene rings is 1. The highest BCUT2D eigenvalue weighted by molar-refractivity contribution is 5.90. The Labute approximate surface area is 165 Å². The van der Waals surface area contributed by atoms with Gasteiger partial charge in [-0.3, -0.25) is 4.79 Å². The Bertz CT molecular complexity index is 606.